The van der Waals surface area contributed by atoms with Gasteiger partial charge in [0.05, 0.1) is 57.2 Å². The van der Waals surface area contributed by atoms with Crippen LogP contribution in [0.5, 0.6) is 17.2 Å². The summed E-state index contributed by atoms with van der Waals surface area (Å²) in [5.74, 6) is 1.23. The number of esters is 1. The van der Waals surface area contributed by atoms with Gasteiger partial charge in [0.15, 0.2) is 16.3 Å². The third-order valence-corrected chi connectivity index (χ3v) is 8.15. The Morgan fingerprint density at radius 2 is 1.82 bits per heavy atom. The van der Waals surface area contributed by atoms with E-state index >= 15 is 0 Å². The maximum Gasteiger partial charge on any atom is 0.338 e. The highest BCUT2D eigenvalue weighted by Crippen LogP contribution is 2.37. The summed E-state index contributed by atoms with van der Waals surface area (Å²) in [6.07, 6.45) is 1.74. The minimum atomic E-state index is -0.766. The van der Waals surface area contributed by atoms with Gasteiger partial charge in [-0.25, -0.2) is 9.79 Å². The number of allylic oxidation sites excluding steroid dienone is 1. The molecule has 8 nitrogen and oxygen atoms in total. The third-order valence-electron chi connectivity index (χ3n) is 5.99. The maximum atomic E-state index is 13.9. The topological polar surface area (TPSA) is 88.4 Å². The molecule has 1 atom stereocenters. The first-order valence-electron chi connectivity index (χ1n) is 12.8. The van der Waals surface area contributed by atoms with Gasteiger partial charge < -0.3 is 18.9 Å². The van der Waals surface area contributed by atoms with E-state index in [1.165, 1.54) is 11.3 Å². The second-order valence-electron chi connectivity index (χ2n) is 9.13. The molecular weight excluding hydrogens is 664 g/mol. The van der Waals surface area contributed by atoms with E-state index in [0.717, 1.165) is 14.5 Å². The summed E-state index contributed by atoms with van der Waals surface area (Å²) in [5.41, 5.74) is 1.98. The first kappa shape index (κ1) is 30.1. The van der Waals surface area contributed by atoms with Crippen LogP contribution in [-0.2, 0) is 9.53 Å². The highest BCUT2D eigenvalue weighted by atomic mass is 79.9. The first-order valence-corrected chi connectivity index (χ1v) is 15.2. The van der Waals surface area contributed by atoms with E-state index < -0.39 is 12.0 Å². The van der Waals surface area contributed by atoms with Crippen molar-refractivity contribution in [2.24, 2.45) is 4.99 Å². The van der Waals surface area contributed by atoms with E-state index in [0.29, 0.717) is 50.0 Å². The van der Waals surface area contributed by atoms with Gasteiger partial charge in [-0.05, 0) is 108 Å². The predicted octanol–water partition coefficient (Wildman–Crippen LogP) is 5.52. The van der Waals surface area contributed by atoms with E-state index in [1.807, 2.05) is 39.0 Å². The Balaban J connectivity index is 1.93. The molecule has 1 aliphatic heterocycles. The van der Waals surface area contributed by atoms with Crippen LogP contribution in [0.2, 0.25) is 0 Å². The van der Waals surface area contributed by atoms with E-state index in [1.54, 1.807) is 43.7 Å². The van der Waals surface area contributed by atoms with Crippen molar-refractivity contribution in [1.29, 1.82) is 0 Å². The van der Waals surface area contributed by atoms with Crippen LogP contribution in [0.3, 0.4) is 0 Å². The summed E-state index contributed by atoms with van der Waals surface area (Å²) in [6, 6.07) is 8.42. The van der Waals surface area contributed by atoms with Gasteiger partial charge in [0, 0.05) is 0 Å². The number of fused-ring (bicyclic) bond motifs is 1. The van der Waals surface area contributed by atoms with Crippen molar-refractivity contribution in [2.45, 2.75) is 46.8 Å². The number of carbonyl (C=O) groups is 1. The Morgan fingerprint density at radius 3 is 2.42 bits per heavy atom. The van der Waals surface area contributed by atoms with Crippen LogP contribution in [0.1, 0.15) is 51.8 Å². The molecule has 1 aromatic heterocycles. The summed E-state index contributed by atoms with van der Waals surface area (Å²) in [7, 11) is 1.55. The molecule has 40 heavy (non-hydrogen) atoms. The molecule has 2 heterocycles. The summed E-state index contributed by atoms with van der Waals surface area (Å²) < 4.78 is 26.1. The SMILES string of the molecule is CCOC(=O)C1=C(C)N=c2s/c(=C\c3cc(Br)c(OCC)c(Br)c3)c(=O)n2[C@@H]1c1ccc(OC(C)C)c(OC)c1. The minimum absolute atomic E-state index is 0.0580. The Kier molecular flexibility index (Phi) is 9.58. The van der Waals surface area contributed by atoms with Gasteiger partial charge in [-0.3, -0.25) is 9.36 Å². The summed E-state index contributed by atoms with van der Waals surface area (Å²) in [6.45, 7) is 9.98. The van der Waals surface area contributed by atoms with Gasteiger partial charge in [0.25, 0.3) is 5.56 Å². The van der Waals surface area contributed by atoms with Crippen molar-refractivity contribution >= 4 is 55.2 Å². The van der Waals surface area contributed by atoms with E-state index in [-0.39, 0.29) is 18.3 Å². The van der Waals surface area contributed by atoms with Crippen molar-refractivity contribution < 1.29 is 23.7 Å². The number of ether oxygens (including phenoxy) is 4. The van der Waals surface area contributed by atoms with Gasteiger partial charge in [0.1, 0.15) is 5.75 Å². The molecule has 0 saturated carbocycles. The molecule has 0 N–H and O–H groups in total. The van der Waals surface area contributed by atoms with E-state index in [4.69, 9.17) is 18.9 Å². The third kappa shape index (κ3) is 6.06. The monoisotopic (exact) mass is 692 g/mol. The lowest BCUT2D eigenvalue weighted by Crippen LogP contribution is -2.40. The first-order chi connectivity index (χ1) is 19.1. The van der Waals surface area contributed by atoms with Crippen molar-refractivity contribution in [2.75, 3.05) is 20.3 Å². The Labute approximate surface area is 253 Å². The van der Waals surface area contributed by atoms with E-state index in [2.05, 4.69) is 36.9 Å². The predicted molar refractivity (Wildman–Crippen MR) is 162 cm³/mol. The number of hydrogen-bond donors (Lipinski definition) is 0. The minimum Gasteiger partial charge on any atom is -0.493 e. The van der Waals surface area contributed by atoms with Crippen LogP contribution in [-0.4, -0.2) is 37.0 Å². The fourth-order valence-electron chi connectivity index (χ4n) is 4.41. The van der Waals surface area contributed by atoms with Crippen LogP contribution in [0.25, 0.3) is 6.08 Å². The number of benzene rings is 2. The van der Waals surface area contributed by atoms with Gasteiger partial charge in [-0.2, -0.15) is 0 Å². The van der Waals surface area contributed by atoms with Gasteiger partial charge >= 0.3 is 5.97 Å². The lowest BCUT2D eigenvalue weighted by molar-refractivity contribution is -0.139. The molecule has 0 aliphatic carbocycles. The molecule has 0 unspecified atom stereocenters. The normalized spacial score (nSPS) is 15.1. The van der Waals surface area contributed by atoms with Crippen molar-refractivity contribution in [3.63, 3.8) is 0 Å². The van der Waals surface area contributed by atoms with E-state index in [9.17, 15) is 9.59 Å². The van der Waals surface area contributed by atoms with Gasteiger partial charge in [-0.1, -0.05) is 17.4 Å². The smallest absolute Gasteiger partial charge is 0.338 e. The quantitative estimate of drug-likeness (QED) is 0.275. The molecule has 0 amide bonds. The number of hydrogen-bond acceptors (Lipinski definition) is 8. The summed E-state index contributed by atoms with van der Waals surface area (Å²) >= 11 is 8.37. The molecular formula is C29H30Br2N2O6S. The van der Waals surface area contributed by atoms with Crippen LogP contribution in [0.15, 0.2) is 60.3 Å². The number of aromatic nitrogens is 1. The average molecular weight is 694 g/mol. The molecule has 0 saturated heterocycles. The number of halogens is 2. The van der Waals surface area contributed by atoms with Crippen LogP contribution >= 0.6 is 43.2 Å². The van der Waals surface area contributed by atoms with Gasteiger partial charge in [-0.15, -0.1) is 0 Å². The molecule has 0 radical (unpaired) electrons. The van der Waals surface area contributed by atoms with Crippen LogP contribution in [0.4, 0.5) is 0 Å². The second-order valence-corrected chi connectivity index (χ2v) is 11.8. The molecule has 212 valence electrons. The molecule has 2 aromatic carbocycles. The largest absolute Gasteiger partial charge is 0.493 e. The summed E-state index contributed by atoms with van der Waals surface area (Å²) in [4.78, 5) is 32.3. The lowest BCUT2D eigenvalue weighted by atomic mass is 9.95. The highest BCUT2D eigenvalue weighted by Gasteiger charge is 2.34. The molecule has 0 fully saturated rings. The molecule has 4 rings (SSSR count). The Hall–Kier alpha value is -2.89. The standard InChI is InChI=1S/C29H30Br2N2O6S/c1-7-37-26-19(30)11-17(12-20(26)31)13-23-27(34)33-25(18-9-10-21(39-15(3)4)22(14-18)36-6)24(28(35)38-8-2)16(5)32-29(33)40-23/h9-15,25H,7-8H2,1-6H3/b23-13-/t25-/m1/s1. The van der Waals surface area contributed by atoms with Gasteiger partial charge in [0.2, 0.25) is 0 Å². The molecule has 3 aromatic rings. The van der Waals surface area contributed by atoms with Crippen molar-refractivity contribution in [3.05, 3.63) is 81.4 Å². The number of nitrogens with zero attached hydrogens (tertiary/aromatic N) is 2. The number of thiazole rings is 1. The van der Waals surface area contributed by atoms with Crippen molar-refractivity contribution in [1.82, 2.24) is 4.57 Å². The zero-order valence-electron chi connectivity index (χ0n) is 23.0. The zero-order chi connectivity index (χ0) is 29.1. The van der Waals surface area contributed by atoms with Crippen molar-refractivity contribution in [3.8, 4) is 17.2 Å². The molecule has 11 heteroatoms. The second kappa shape index (κ2) is 12.7. The highest BCUT2D eigenvalue weighted by molar-refractivity contribution is 9.11. The fraction of sp³-hybridized carbons (Fsp3) is 0.345. The Bertz CT molecular complexity index is 1630. The molecule has 1 aliphatic rings. The molecule has 0 bridgehead atoms. The average Bonchev–Trinajstić information content (AvgIpc) is 3.19. The van der Waals surface area contributed by atoms with Crippen LogP contribution in [0, 0.1) is 0 Å². The van der Waals surface area contributed by atoms with Crippen LogP contribution < -0.4 is 29.1 Å². The number of rotatable bonds is 9. The number of methoxy groups -OCH3 is 1. The maximum absolute atomic E-state index is 13.9. The Morgan fingerprint density at radius 1 is 1.12 bits per heavy atom. The number of carbonyl (C=O) groups excluding carboxylic acids is 1. The molecule has 0 spiro atoms. The zero-order valence-corrected chi connectivity index (χ0v) is 27.0. The lowest BCUT2D eigenvalue weighted by Gasteiger charge is -2.25. The summed E-state index contributed by atoms with van der Waals surface area (Å²) in [5, 5.41) is 0. The fourth-order valence-corrected chi connectivity index (χ4v) is 6.91.